The van der Waals surface area contributed by atoms with Gasteiger partial charge < -0.3 is 14.6 Å². The van der Waals surface area contributed by atoms with E-state index >= 15 is 0 Å². The van der Waals surface area contributed by atoms with Gasteiger partial charge in [0, 0.05) is 19.3 Å². The zero-order valence-corrected chi connectivity index (χ0v) is 13.2. The van der Waals surface area contributed by atoms with Gasteiger partial charge in [-0.25, -0.2) is 4.98 Å². The molecule has 0 unspecified atom stereocenters. The summed E-state index contributed by atoms with van der Waals surface area (Å²) < 4.78 is 7.87. The molecule has 0 bridgehead atoms. The maximum absolute atomic E-state index is 5.68. The van der Waals surface area contributed by atoms with Gasteiger partial charge in [0.25, 0.3) is 0 Å². The molecule has 0 saturated heterocycles. The fourth-order valence-electron chi connectivity index (χ4n) is 2.20. The summed E-state index contributed by atoms with van der Waals surface area (Å²) in [4.78, 5) is 4.53. The van der Waals surface area contributed by atoms with Gasteiger partial charge in [-0.1, -0.05) is 32.0 Å². The van der Waals surface area contributed by atoms with Crippen molar-refractivity contribution in [1.82, 2.24) is 9.55 Å². The van der Waals surface area contributed by atoms with Crippen molar-refractivity contribution in [1.29, 1.82) is 0 Å². The number of aryl methyl sites for hydroxylation is 1. The second-order valence-electron chi connectivity index (χ2n) is 5.69. The number of nitrogens with one attached hydrogen (secondary N) is 1. The van der Waals surface area contributed by atoms with Crippen LogP contribution >= 0.6 is 0 Å². The van der Waals surface area contributed by atoms with E-state index in [4.69, 9.17) is 4.74 Å². The first-order valence-electron chi connectivity index (χ1n) is 7.60. The number of ether oxygens (including phenoxy) is 1. The van der Waals surface area contributed by atoms with Crippen LogP contribution in [0.1, 0.15) is 26.0 Å². The number of hydrogen-bond acceptors (Lipinski definition) is 3. The lowest BCUT2D eigenvalue weighted by molar-refractivity contribution is 0.315. The molecule has 2 rings (SSSR count). The Hall–Kier alpha value is -1.97. The molecule has 0 spiro atoms. The second-order valence-corrected chi connectivity index (χ2v) is 5.69. The third-order valence-electron chi connectivity index (χ3n) is 3.07. The van der Waals surface area contributed by atoms with Gasteiger partial charge >= 0.3 is 0 Å². The summed E-state index contributed by atoms with van der Waals surface area (Å²) in [6, 6.07) is 9.92. The number of imidazole rings is 1. The molecule has 0 aliphatic heterocycles. The van der Waals surface area contributed by atoms with Crippen molar-refractivity contribution in [3.05, 3.63) is 42.2 Å². The monoisotopic (exact) mass is 287 g/mol. The van der Waals surface area contributed by atoms with Crippen molar-refractivity contribution in [2.45, 2.75) is 33.7 Å². The van der Waals surface area contributed by atoms with Crippen LogP contribution in [0.25, 0.3) is 0 Å². The Morgan fingerprint density at radius 3 is 2.71 bits per heavy atom. The summed E-state index contributed by atoms with van der Waals surface area (Å²) >= 11 is 0. The third-order valence-corrected chi connectivity index (χ3v) is 3.07. The number of anilines is 1. The van der Waals surface area contributed by atoms with Gasteiger partial charge in [0.2, 0.25) is 5.95 Å². The number of rotatable bonds is 8. The highest BCUT2D eigenvalue weighted by Gasteiger charge is 2.06. The molecule has 0 fully saturated rings. The van der Waals surface area contributed by atoms with Crippen LogP contribution in [0.2, 0.25) is 0 Å². The molecule has 0 aliphatic rings. The molecule has 0 amide bonds. The maximum atomic E-state index is 5.68. The average molecular weight is 287 g/mol. The predicted octanol–water partition coefficient (Wildman–Crippen LogP) is 3.73. The molecule has 1 aromatic heterocycles. The normalized spacial score (nSPS) is 10.9. The molecule has 1 aromatic carbocycles. The molecule has 4 nitrogen and oxygen atoms in total. The van der Waals surface area contributed by atoms with E-state index < -0.39 is 0 Å². The van der Waals surface area contributed by atoms with Gasteiger partial charge in [-0.3, -0.25) is 0 Å². The minimum absolute atomic E-state index is 0.612. The smallest absolute Gasteiger partial charge is 0.203 e. The fourth-order valence-corrected chi connectivity index (χ4v) is 2.20. The number of nitrogens with zero attached hydrogens (tertiary/aromatic N) is 2. The summed E-state index contributed by atoms with van der Waals surface area (Å²) in [7, 11) is 0. The van der Waals surface area contributed by atoms with Crippen molar-refractivity contribution in [2.24, 2.45) is 5.92 Å². The van der Waals surface area contributed by atoms with Crippen molar-refractivity contribution < 1.29 is 4.74 Å². The summed E-state index contributed by atoms with van der Waals surface area (Å²) in [6.07, 6.45) is 3.05. The average Bonchev–Trinajstić information content (AvgIpc) is 2.79. The van der Waals surface area contributed by atoms with E-state index in [2.05, 4.69) is 34.9 Å². The van der Waals surface area contributed by atoms with Crippen molar-refractivity contribution in [3.63, 3.8) is 0 Å². The lowest BCUT2D eigenvalue weighted by Crippen LogP contribution is -2.13. The molecule has 1 N–H and O–H groups in total. The maximum Gasteiger partial charge on any atom is 0.203 e. The largest absolute Gasteiger partial charge is 0.494 e. The van der Waals surface area contributed by atoms with Crippen molar-refractivity contribution in [2.75, 3.05) is 18.5 Å². The number of benzene rings is 1. The summed E-state index contributed by atoms with van der Waals surface area (Å²) in [5.74, 6) is 2.50. The Morgan fingerprint density at radius 2 is 2.00 bits per heavy atom. The topological polar surface area (TPSA) is 39.1 Å². The van der Waals surface area contributed by atoms with Gasteiger partial charge in [0.1, 0.15) is 5.75 Å². The van der Waals surface area contributed by atoms with E-state index in [1.165, 1.54) is 0 Å². The quantitative estimate of drug-likeness (QED) is 0.752. The highest BCUT2D eigenvalue weighted by Crippen LogP contribution is 2.12. The molecular formula is C17H25N3O. The van der Waals surface area contributed by atoms with Gasteiger partial charge in [-0.15, -0.1) is 0 Å². The molecule has 0 saturated carbocycles. The van der Waals surface area contributed by atoms with E-state index in [1.807, 2.05) is 37.3 Å². The predicted molar refractivity (Wildman–Crippen MR) is 86.8 cm³/mol. The minimum Gasteiger partial charge on any atom is -0.494 e. The highest BCUT2D eigenvalue weighted by molar-refractivity contribution is 5.28. The zero-order chi connectivity index (χ0) is 15.1. The molecule has 1 heterocycles. The molecule has 0 radical (unpaired) electrons. The molecule has 2 aromatic rings. The van der Waals surface area contributed by atoms with Gasteiger partial charge in [-0.2, -0.15) is 0 Å². The minimum atomic E-state index is 0.612. The van der Waals surface area contributed by atoms with Crippen LogP contribution in [0, 0.1) is 12.8 Å². The van der Waals surface area contributed by atoms with E-state index in [1.54, 1.807) is 0 Å². The van der Waals surface area contributed by atoms with E-state index in [0.717, 1.165) is 36.9 Å². The molecular weight excluding hydrogens is 262 g/mol. The lowest BCUT2D eigenvalue weighted by Gasteiger charge is -2.12. The number of para-hydroxylation sites is 1. The Bertz CT molecular complexity index is 534. The first-order valence-corrected chi connectivity index (χ1v) is 7.60. The van der Waals surface area contributed by atoms with E-state index in [0.29, 0.717) is 12.5 Å². The van der Waals surface area contributed by atoms with Gasteiger partial charge in [-0.05, 0) is 31.4 Å². The second kappa shape index (κ2) is 7.72. The Morgan fingerprint density at radius 1 is 1.24 bits per heavy atom. The molecule has 4 heteroatoms. The third kappa shape index (κ3) is 5.14. The summed E-state index contributed by atoms with van der Waals surface area (Å²) in [5.41, 5.74) is 1.05. The lowest BCUT2D eigenvalue weighted by atomic mass is 10.2. The van der Waals surface area contributed by atoms with Crippen LogP contribution < -0.4 is 10.1 Å². The van der Waals surface area contributed by atoms with Crippen LogP contribution in [0.4, 0.5) is 5.95 Å². The standard InChI is InChI=1S/C17H25N3O/c1-14(2)12-20-13-15(3)19-17(20)18-10-7-11-21-16-8-5-4-6-9-16/h4-6,8-9,13-14H,7,10-12H2,1-3H3,(H,18,19). The summed E-state index contributed by atoms with van der Waals surface area (Å²) in [5, 5.41) is 3.40. The number of aromatic nitrogens is 2. The number of hydrogen-bond donors (Lipinski definition) is 1. The zero-order valence-electron chi connectivity index (χ0n) is 13.2. The SMILES string of the molecule is Cc1cn(CC(C)C)c(NCCCOc2ccccc2)n1. The Kier molecular flexibility index (Phi) is 5.67. The fraction of sp³-hybridized carbons (Fsp3) is 0.471. The van der Waals surface area contributed by atoms with Gasteiger partial charge in [0.05, 0.1) is 12.3 Å². The van der Waals surface area contributed by atoms with Crippen LogP contribution in [0.5, 0.6) is 5.75 Å². The Balaban J connectivity index is 1.73. The van der Waals surface area contributed by atoms with Crippen LogP contribution in [-0.4, -0.2) is 22.7 Å². The van der Waals surface area contributed by atoms with Crippen LogP contribution in [-0.2, 0) is 6.54 Å². The Labute approximate surface area is 127 Å². The molecule has 114 valence electrons. The van der Waals surface area contributed by atoms with Crippen molar-refractivity contribution in [3.8, 4) is 5.75 Å². The molecule has 21 heavy (non-hydrogen) atoms. The summed E-state index contributed by atoms with van der Waals surface area (Å²) in [6.45, 7) is 9.02. The van der Waals surface area contributed by atoms with Gasteiger partial charge in [0.15, 0.2) is 0 Å². The first-order chi connectivity index (χ1) is 10.1. The van der Waals surface area contributed by atoms with Crippen LogP contribution in [0.3, 0.4) is 0 Å². The van der Waals surface area contributed by atoms with Crippen molar-refractivity contribution >= 4 is 5.95 Å². The van der Waals surface area contributed by atoms with E-state index in [-0.39, 0.29) is 0 Å². The van der Waals surface area contributed by atoms with Crippen LogP contribution in [0.15, 0.2) is 36.5 Å². The highest BCUT2D eigenvalue weighted by atomic mass is 16.5. The molecule has 0 aliphatic carbocycles. The molecule has 0 atom stereocenters. The van der Waals surface area contributed by atoms with E-state index in [9.17, 15) is 0 Å². The first kappa shape index (κ1) is 15.4.